The number of hydrogen-bond donors (Lipinski definition) is 2. The first-order chi connectivity index (χ1) is 7.00. The minimum absolute atomic E-state index is 0. The van der Waals surface area contributed by atoms with Crippen molar-refractivity contribution in [3.63, 3.8) is 0 Å². The van der Waals surface area contributed by atoms with Crippen molar-refractivity contribution in [2.75, 3.05) is 0 Å². The molecule has 1 aromatic carbocycles. The van der Waals surface area contributed by atoms with E-state index in [2.05, 4.69) is 21.2 Å². The normalized spacial score (nSPS) is 13.5. The van der Waals surface area contributed by atoms with E-state index in [4.69, 9.17) is 5.73 Å². The number of amides is 1. The van der Waals surface area contributed by atoms with Crippen molar-refractivity contribution in [2.24, 2.45) is 5.73 Å². The fourth-order valence-corrected chi connectivity index (χ4v) is 1.44. The third-order valence-electron chi connectivity index (χ3n) is 2.14. The SMILES string of the molecule is CC(N)C(=O)NC(C)c1ccc(Br)cc1.Cl. The molecular formula is C11H16BrClN2O. The summed E-state index contributed by atoms with van der Waals surface area (Å²) in [6.07, 6.45) is 0. The second-order valence-electron chi connectivity index (χ2n) is 3.57. The van der Waals surface area contributed by atoms with Gasteiger partial charge in [-0.1, -0.05) is 28.1 Å². The Labute approximate surface area is 110 Å². The van der Waals surface area contributed by atoms with Gasteiger partial charge in [-0.05, 0) is 31.5 Å². The minimum atomic E-state index is -0.470. The maximum absolute atomic E-state index is 11.3. The molecule has 0 aromatic heterocycles. The lowest BCUT2D eigenvalue weighted by Gasteiger charge is -2.15. The fourth-order valence-electron chi connectivity index (χ4n) is 1.18. The highest BCUT2D eigenvalue weighted by Crippen LogP contribution is 2.16. The van der Waals surface area contributed by atoms with Crippen molar-refractivity contribution in [2.45, 2.75) is 25.9 Å². The zero-order chi connectivity index (χ0) is 11.4. The zero-order valence-corrected chi connectivity index (χ0v) is 11.6. The molecule has 0 aliphatic rings. The lowest BCUT2D eigenvalue weighted by molar-refractivity contribution is -0.122. The molecule has 0 aliphatic heterocycles. The molecule has 90 valence electrons. The van der Waals surface area contributed by atoms with Gasteiger partial charge in [-0.2, -0.15) is 0 Å². The number of nitrogens with two attached hydrogens (primary N) is 1. The van der Waals surface area contributed by atoms with Crippen molar-refractivity contribution >= 4 is 34.2 Å². The van der Waals surface area contributed by atoms with Crippen LogP contribution < -0.4 is 11.1 Å². The van der Waals surface area contributed by atoms with Crippen LogP contribution in [0.15, 0.2) is 28.7 Å². The number of benzene rings is 1. The van der Waals surface area contributed by atoms with Gasteiger partial charge in [0.25, 0.3) is 0 Å². The molecule has 0 fully saturated rings. The number of nitrogens with one attached hydrogen (secondary N) is 1. The van der Waals surface area contributed by atoms with Gasteiger partial charge in [0, 0.05) is 4.47 Å². The molecule has 3 nitrogen and oxygen atoms in total. The van der Waals surface area contributed by atoms with Crippen LogP contribution in [-0.4, -0.2) is 11.9 Å². The second kappa shape index (κ2) is 6.89. The summed E-state index contributed by atoms with van der Waals surface area (Å²) in [7, 11) is 0. The third kappa shape index (κ3) is 4.51. The standard InChI is InChI=1S/C11H15BrN2O.ClH/c1-7(13)11(15)14-8(2)9-3-5-10(12)6-4-9;/h3-8H,13H2,1-2H3,(H,14,15);1H. The van der Waals surface area contributed by atoms with Crippen LogP contribution in [0.1, 0.15) is 25.5 Å². The van der Waals surface area contributed by atoms with Gasteiger partial charge in [-0.25, -0.2) is 0 Å². The van der Waals surface area contributed by atoms with E-state index in [-0.39, 0.29) is 24.4 Å². The highest BCUT2D eigenvalue weighted by atomic mass is 79.9. The summed E-state index contributed by atoms with van der Waals surface area (Å²) in [5.74, 6) is -0.134. The van der Waals surface area contributed by atoms with Crippen LogP contribution in [0.2, 0.25) is 0 Å². The molecule has 0 radical (unpaired) electrons. The van der Waals surface area contributed by atoms with E-state index < -0.39 is 6.04 Å². The van der Waals surface area contributed by atoms with Crippen LogP contribution in [0.3, 0.4) is 0 Å². The molecule has 1 amide bonds. The van der Waals surface area contributed by atoms with Crippen molar-refractivity contribution in [1.82, 2.24) is 5.32 Å². The lowest BCUT2D eigenvalue weighted by Crippen LogP contribution is -2.39. The maximum Gasteiger partial charge on any atom is 0.237 e. The van der Waals surface area contributed by atoms with E-state index >= 15 is 0 Å². The van der Waals surface area contributed by atoms with Crippen LogP contribution in [0.25, 0.3) is 0 Å². The van der Waals surface area contributed by atoms with Gasteiger partial charge in [0.2, 0.25) is 5.91 Å². The summed E-state index contributed by atoms with van der Waals surface area (Å²) < 4.78 is 1.02. The Balaban J connectivity index is 0.00000225. The van der Waals surface area contributed by atoms with E-state index in [0.29, 0.717) is 0 Å². The van der Waals surface area contributed by atoms with Crippen LogP contribution in [0.5, 0.6) is 0 Å². The van der Waals surface area contributed by atoms with Crippen molar-refractivity contribution < 1.29 is 4.79 Å². The van der Waals surface area contributed by atoms with Gasteiger partial charge in [-0.15, -0.1) is 12.4 Å². The molecular weight excluding hydrogens is 291 g/mol. The molecule has 1 rings (SSSR count). The van der Waals surface area contributed by atoms with Gasteiger partial charge in [0.15, 0.2) is 0 Å². The third-order valence-corrected chi connectivity index (χ3v) is 2.67. The highest BCUT2D eigenvalue weighted by Gasteiger charge is 2.12. The Morgan fingerprint density at radius 2 is 1.81 bits per heavy atom. The number of carbonyl (C=O) groups excluding carboxylic acids is 1. The van der Waals surface area contributed by atoms with Gasteiger partial charge in [-0.3, -0.25) is 4.79 Å². The van der Waals surface area contributed by atoms with Gasteiger partial charge >= 0.3 is 0 Å². The summed E-state index contributed by atoms with van der Waals surface area (Å²) in [5, 5.41) is 2.84. The second-order valence-corrected chi connectivity index (χ2v) is 4.49. The van der Waals surface area contributed by atoms with E-state index in [9.17, 15) is 4.79 Å². The topological polar surface area (TPSA) is 55.1 Å². The molecule has 0 aliphatic carbocycles. The summed E-state index contributed by atoms with van der Waals surface area (Å²) in [4.78, 5) is 11.3. The molecule has 5 heteroatoms. The average molecular weight is 308 g/mol. The Kier molecular flexibility index (Phi) is 6.64. The number of hydrogen-bond acceptors (Lipinski definition) is 2. The number of rotatable bonds is 3. The molecule has 0 saturated heterocycles. The van der Waals surface area contributed by atoms with Gasteiger partial charge in [0.05, 0.1) is 12.1 Å². The van der Waals surface area contributed by atoms with Crippen LogP contribution in [0, 0.1) is 0 Å². The van der Waals surface area contributed by atoms with Crippen LogP contribution in [-0.2, 0) is 4.79 Å². The molecule has 1 aromatic rings. The largest absolute Gasteiger partial charge is 0.348 e. The molecule has 0 bridgehead atoms. The van der Waals surface area contributed by atoms with E-state index in [1.165, 1.54) is 0 Å². The quantitative estimate of drug-likeness (QED) is 0.901. The molecule has 16 heavy (non-hydrogen) atoms. The van der Waals surface area contributed by atoms with Crippen LogP contribution >= 0.6 is 28.3 Å². The predicted molar refractivity (Wildman–Crippen MR) is 71.6 cm³/mol. The Hall–Kier alpha value is -0.580. The van der Waals surface area contributed by atoms with Crippen LogP contribution in [0.4, 0.5) is 0 Å². The molecule has 0 heterocycles. The van der Waals surface area contributed by atoms with Crippen molar-refractivity contribution in [3.05, 3.63) is 34.3 Å². The first-order valence-electron chi connectivity index (χ1n) is 4.82. The maximum atomic E-state index is 11.3. The predicted octanol–water partition coefficient (Wildman–Crippen LogP) is 2.40. The Morgan fingerprint density at radius 3 is 2.25 bits per heavy atom. The summed E-state index contributed by atoms with van der Waals surface area (Å²) in [5.41, 5.74) is 6.53. The summed E-state index contributed by atoms with van der Waals surface area (Å²) >= 11 is 3.36. The molecule has 2 atom stereocenters. The molecule has 0 spiro atoms. The highest BCUT2D eigenvalue weighted by molar-refractivity contribution is 9.10. The number of halogens is 2. The van der Waals surface area contributed by atoms with E-state index in [1.807, 2.05) is 31.2 Å². The fraction of sp³-hybridized carbons (Fsp3) is 0.364. The van der Waals surface area contributed by atoms with E-state index in [1.54, 1.807) is 6.92 Å². The summed E-state index contributed by atoms with van der Waals surface area (Å²) in [6, 6.07) is 7.35. The Bertz CT molecular complexity index is 340. The first kappa shape index (κ1) is 15.4. The van der Waals surface area contributed by atoms with Crippen molar-refractivity contribution in [3.8, 4) is 0 Å². The average Bonchev–Trinajstić information content (AvgIpc) is 2.18. The minimum Gasteiger partial charge on any atom is -0.348 e. The summed E-state index contributed by atoms with van der Waals surface area (Å²) in [6.45, 7) is 3.60. The molecule has 0 saturated carbocycles. The molecule has 2 unspecified atom stereocenters. The molecule has 3 N–H and O–H groups in total. The van der Waals surface area contributed by atoms with Gasteiger partial charge in [0.1, 0.15) is 0 Å². The smallest absolute Gasteiger partial charge is 0.237 e. The van der Waals surface area contributed by atoms with Crippen molar-refractivity contribution in [1.29, 1.82) is 0 Å². The monoisotopic (exact) mass is 306 g/mol. The van der Waals surface area contributed by atoms with Gasteiger partial charge < -0.3 is 11.1 Å². The zero-order valence-electron chi connectivity index (χ0n) is 9.24. The lowest BCUT2D eigenvalue weighted by atomic mass is 10.1. The first-order valence-corrected chi connectivity index (χ1v) is 5.61. The van der Waals surface area contributed by atoms with E-state index in [0.717, 1.165) is 10.0 Å². The number of carbonyl (C=O) groups is 1. The Morgan fingerprint density at radius 1 is 1.31 bits per heavy atom.